The fourth-order valence-electron chi connectivity index (χ4n) is 2.79. The van der Waals surface area contributed by atoms with Gasteiger partial charge in [-0.1, -0.05) is 35.0 Å². The van der Waals surface area contributed by atoms with E-state index in [0.29, 0.717) is 13.2 Å². The summed E-state index contributed by atoms with van der Waals surface area (Å²) in [5, 5.41) is 9.34. The molecule has 21 heavy (non-hydrogen) atoms. The maximum absolute atomic E-state index is 11.4. The summed E-state index contributed by atoms with van der Waals surface area (Å²) in [6.07, 6.45) is 0.992. The minimum atomic E-state index is -0.762. The Kier molecular flexibility index (Phi) is 5.79. The maximum Gasteiger partial charge on any atom is 0.310 e. The van der Waals surface area contributed by atoms with Crippen LogP contribution in [0.15, 0.2) is 22.7 Å². The number of carboxylic acids is 1. The van der Waals surface area contributed by atoms with Crippen LogP contribution in [-0.4, -0.2) is 41.8 Å². The molecule has 2 atom stereocenters. The fraction of sp³-hybridized carbons (Fsp3) is 0.562. The van der Waals surface area contributed by atoms with Crippen LogP contribution >= 0.6 is 15.9 Å². The van der Waals surface area contributed by atoms with Gasteiger partial charge >= 0.3 is 5.97 Å². The number of rotatable bonds is 6. The molecular formula is C16H22BrNO3. The highest BCUT2D eigenvalue weighted by Crippen LogP contribution is 2.25. The summed E-state index contributed by atoms with van der Waals surface area (Å²) >= 11 is 3.61. The summed E-state index contributed by atoms with van der Waals surface area (Å²) in [5.41, 5.74) is 2.39. The van der Waals surface area contributed by atoms with Gasteiger partial charge in [-0.3, -0.25) is 9.69 Å². The molecule has 0 aliphatic carbocycles. The predicted molar refractivity (Wildman–Crippen MR) is 85.3 cm³/mol. The zero-order chi connectivity index (χ0) is 15.4. The highest BCUT2D eigenvalue weighted by molar-refractivity contribution is 9.10. The van der Waals surface area contributed by atoms with Gasteiger partial charge in [0.15, 0.2) is 0 Å². The second-order valence-electron chi connectivity index (χ2n) is 5.61. The SMILES string of the molecule is CCCN(Cc1ccc(C)cc1Br)C1COCC1C(=O)O. The average molecular weight is 356 g/mol. The van der Waals surface area contributed by atoms with E-state index in [1.807, 2.05) is 0 Å². The molecule has 0 bridgehead atoms. The van der Waals surface area contributed by atoms with Gasteiger partial charge in [-0.25, -0.2) is 0 Å². The van der Waals surface area contributed by atoms with E-state index in [2.05, 4.69) is 52.9 Å². The van der Waals surface area contributed by atoms with Crippen LogP contribution in [0.3, 0.4) is 0 Å². The van der Waals surface area contributed by atoms with Crippen LogP contribution in [0.4, 0.5) is 0 Å². The molecule has 1 aromatic carbocycles. The fourth-order valence-corrected chi connectivity index (χ4v) is 3.41. The Labute approximate surface area is 134 Å². The third-order valence-corrected chi connectivity index (χ3v) is 4.67. The molecule has 0 saturated carbocycles. The first kappa shape index (κ1) is 16.5. The van der Waals surface area contributed by atoms with Crippen LogP contribution in [-0.2, 0) is 16.1 Å². The average Bonchev–Trinajstić information content (AvgIpc) is 2.90. The van der Waals surface area contributed by atoms with E-state index < -0.39 is 11.9 Å². The zero-order valence-corrected chi connectivity index (χ0v) is 14.1. The first-order valence-corrected chi connectivity index (χ1v) is 8.11. The van der Waals surface area contributed by atoms with Crippen molar-refractivity contribution in [1.29, 1.82) is 0 Å². The summed E-state index contributed by atoms with van der Waals surface area (Å²) in [7, 11) is 0. The monoisotopic (exact) mass is 355 g/mol. The quantitative estimate of drug-likeness (QED) is 0.851. The lowest BCUT2D eigenvalue weighted by Gasteiger charge is -2.30. The van der Waals surface area contributed by atoms with Crippen LogP contribution in [0.5, 0.6) is 0 Å². The standard InChI is InChI=1S/C16H22BrNO3/c1-3-6-18(15-10-21-9-13(15)16(19)20)8-12-5-4-11(2)7-14(12)17/h4-5,7,13,15H,3,6,8-10H2,1-2H3,(H,19,20). The normalized spacial score (nSPS) is 21.9. The van der Waals surface area contributed by atoms with Crippen molar-refractivity contribution >= 4 is 21.9 Å². The summed E-state index contributed by atoms with van der Waals surface area (Å²) in [5.74, 6) is -1.19. The molecular weight excluding hydrogens is 334 g/mol. The first-order chi connectivity index (χ1) is 10.0. The number of halogens is 1. The van der Waals surface area contributed by atoms with Gasteiger partial charge in [0.25, 0.3) is 0 Å². The zero-order valence-electron chi connectivity index (χ0n) is 12.5. The predicted octanol–water partition coefficient (Wildman–Crippen LogP) is 3.07. The molecule has 2 unspecified atom stereocenters. The molecule has 1 fully saturated rings. The molecule has 1 aromatic rings. The molecule has 1 saturated heterocycles. The van der Waals surface area contributed by atoms with Crippen LogP contribution in [0.2, 0.25) is 0 Å². The molecule has 116 valence electrons. The Morgan fingerprint density at radius 3 is 2.86 bits per heavy atom. The van der Waals surface area contributed by atoms with Gasteiger partial charge in [0, 0.05) is 17.1 Å². The first-order valence-electron chi connectivity index (χ1n) is 7.32. The van der Waals surface area contributed by atoms with Gasteiger partial charge in [0.05, 0.1) is 19.1 Å². The van der Waals surface area contributed by atoms with Crippen molar-refractivity contribution in [3.05, 3.63) is 33.8 Å². The molecule has 2 rings (SSSR count). The van der Waals surface area contributed by atoms with E-state index in [4.69, 9.17) is 4.74 Å². The molecule has 5 heteroatoms. The third-order valence-electron chi connectivity index (χ3n) is 3.93. The van der Waals surface area contributed by atoms with Crippen molar-refractivity contribution in [2.75, 3.05) is 19.8 Å². The summed E-state index contributed by atoms with van der Waals surface area (Å²) in [6, 6.07) is 6.24. The number of carbonyl (C=O) groups is 1. The van der Waals surface area contributed by atoms with Crippen LogP contribution in [0.1, 0.15) is 24.5 Å². The minimum absolute atomic E-state index is 0.0457. The molecule has 0 spiro atoms. The number of nitrogens with zero attached hydrogens (tertiary/aromatic N) is 1. The lowest BCUT2D eigenvalue weighted by molar-refractivity contribution is -0.143. The topological polar surface area (TPSA) is 49.8 Å². The van der Waals surface area contributed by atoms with Crippen LogP contribution in [0.25, 0.3) is 0 Å². The van der Waals surface area contributed by atoms with Gasteiger partial charge in [-0.05, 0) is 37.1 Å². The van der Waals surface area contributed by atoms with Crippen molar-refractivity contribution in [2.45, 2.75) is 32.9 Å². The van der Waals surface area contributed by atoms with Gasteiger partial charge in [0.1, 0.15) is 0 Å². The summed E-state index contributed by atoms with van der Waals surface area (Å²) < 4.78 is 6.49. The van der Waals surface area contributed by atoms with E-state index in [0.717, 1.165) is 24.0 Å². The largest absolute Gasteiger partial charge is 0.481 e. The molecule has 1 aliphatic heterocycles. The number of aryl methyl sites for hydroxylation is 1. The third kappa shape index (κ3) is 4.05. The maximum atomic E-state index is 11.4. The smallest absolute Gasteiger partial charge is 0.310 e. The Morgan fingerprint density at radius 1 is 1.48 bits per heavy atom. The Hall–Kier alpha value is -0.910. The number of benzene rings is 1. The Morgan fingerprint density at radius 2 is 2.24 bits per heavy atom. The van der Waals surface area contributed by atoms with Crippen LogP contribution < -0.4 is 0 Å². The molecule has 1 aliphatic rings. The van der Waals surface area contributed by atoms with Gasteiger partial charge in [-0.2, -0.15) is 0 Å². The van der Waals surface area contributed by atoms with E-state index in [1.165, 1.54) is 11.1 Å². The highest BCUT2D eigenvalue weighted by atomic mass is 79.9. The van der Waals surface area contributed by atoms with E-state index in [9.17, 15) is 9.90 Å². The highest BCUT2D eigenvalue weighted by Gasteiger charge is 2.37. The van der Waals surface area contributed by atoms with Gasteiger partial charge < -0.3 is 9.84 Å². The second kappa shape index (κ2) is 7.38. The molecule has 0 amide bonds. The van der Waals surface area contributed by atoms with Crippen molar-refractivity contribution in [2.24, 2.45) is 5.92 Å². The molecule has 0 radical (unpaired) electrons. The van der Waals surface area contributed by atoms with E-state index in [1.54, 1.807) is 0 Å². The van der Waals surface area contributed by atoms with Gasteiger partial charge in [-0.15, -0.1) is 0 Å². The number of hydrogen-bond acceptors (Lipinski definition) is 3. The van der Waals surface area contributed by atoms with Crippen molar-refractivity contribution in [3.63, 3.8) is 0 Å². The van der Waals surface area contributed by atoms with Crippen molar-refractivity contribution in [3.8, 4) is 0 Å². The number of aliphatic carboxylic acids is 1. The molecule has 4 nitrogen and oxygen atoms in total. The molecule has 0 aromatic heterocycles. The van der Waals surface area contributed by atoms with Crippen molar-refractivity contribution < 1.29 is 14.6 Å². The van der Waals surface area contributed by atoms with Crippen molar-refractivity contribution in [1.82, 2.24) is 4.90 Å². The van der Waals surface area contributed by atoms with E-state index >= 15 is 0 Å². The summed E-state index contributed by atoms with van der Waals surface area (Å²) in [4.78, 5) is 13.6. The lowest BCUT2D eigenvalue weighted by Crippen LogP contribution is -2.43. The number of hydrogen-bond donors (Lipinski definition) is 1. The summed E-state index contributed by atoms with van der Waals surface area (Å²) in [6.45, 7) is 6.60. The lowest BCUT2D eigenvalue weighted by atomic mass is 10.0. The van der Waals surface area contributed by atoms with E-state index in [-0.39, 0.29) is 6.04 Å². The minimum Gasteiger partial charge on any atom is -0.481 e. The Balaban J connectivity index is 2.16. The second-order valence-corrected chi connectivity index (χ2v) is 6.47. The van der Waals surface area contributed by atoms with Crippen LogP contribution in [0, 0.1) is 12.8 Å². The number of carboxylic acid groups (broad SMARTS) is 1. The van der Waals surface area contributed by atoms with Gasteiger partial charge in [0.2, 0.25) is 0 Å². The Bertz CT molecular complexity index is 506. The molecule has 1 N–H and O–H groups in total. The number of ether oxygens (including phenoxy) is 1. The molecule has 1 heterocycles.